The molecule has 8 heavy (non-hydrogen) atoms. The smallest absolute Gasteiger partial charge is 0.769 e. The predicted molar refractivity (Wildman–Crippen MR) is 25.6 cm³/mol. The van der Waals surface area contributed by atoms with Gasteiger partial charge < -0.3 is 10.1 Å². The third-order valence-corrected chi connectivity index (χ3v) is 0. The molecular formula is H4Cl3NaO4. The Balaban J connectivity index is -0.00000000500. The van der Waals surface area contributed by atoms with Crippen molar-refractivity contribution in [2.24, 2.45) is 0 Å². The van der Waals surface area contributed by atoms with E-state index in [4.69, 9.17) is 14.0 Å². The van der Waals surface area contributed by atoms with Crippen LogP contribution in [0.5, 0.6) is 0 Å². The maximum Gasteiger partial charge on any atom is 1.00 e. The maximum absolute atomic E-state index is 7.72. The third kappa shape index (κ3) is 119. The Kier molecular flexibility index (Phi) is 735. The monoisotopic (exact) mass is 196 g/mol. The van der Waals surface area contributed by atoms with E-state index in [0.29, 0.717) is 0 Å². The van der Waals surface area contributed by atoms with Gasteiger partial charge in [-0.2, -0.15) is 0 Å². The molecule has 0 amide bonds. The van der Waals surface area contributed by atoms with Gasteiger partial charge >= 0.3 is 29.6 Å². The second kappa shape index (κ2) is 177. The average Bonchev–Trinajstić information content (AvgIpc) is 1.81. The van der Waals surface area contributed by atoms with E-state index < -0.39 is 0 Å². The number of hydrogen-bond acceptors (Lipinski definition) is 3. The first kappa shape index (κ1) is 33.2. The van der Waals surface area contributed by atoms with Gasteiger partial charge in [0, 0.05) is 0 Å². The van der Waals surface area contributed by atoms with E-state index in [1.54, 1.807) is 0 Å². The number of halogens is 3. The zero-order valence-corrected chi connectivity index (χ0v) is 8.20. The number of hydrogen-bond donors (Lipinski definition) is 2. The van der Waals surface area contributed by atoms with Crippen LogP contribution in [0.1, 0.15) is 0 Å². The Morgan fingerprint density at radius 2 is 0.875 bits per heavy atom. The minimum atomic E-state index is 0. The Labute approximate surface area is 84.1 Å². The quantitative estimate of drug-likeness (QED) is 0.387. The molecular weight excluding hydrogens is 193 g/mol. The summed E-state index contributed by atoms with van der Waals surface area (Å²) in [4.78, 5) is 0. The summed E-state index contributed by atoms with van der Waals surface area (Å²) in [7, 11) is 0. The van der Waals surface area contributed by atoms with E-state index in [1.165, 1.54) is 0 Å². The SMILES string of the molecule is O.OCl.OCl.[Na+].[O-]Cl. The molecule has 0 aliphatic carbocycles. The Morgan fingerprint density at radius 3 is 0.875 bits per heavy atom. The second-order valence-electron chi connectivity index (χ2n) is 0. The molecule has 0 bridgehead atoms. The first-order chi connectivity index (χ1) is 3.00. The summed E-state index contributed by atoms with van der Waals surface area (Å²) in [6.07, 6.45) is 0. The van der Waals surface area contributed by atoms with Crippen LogP contribution in [0.25, 0.3) is 0 Å². The van der Waals surface area contributed by atoms with Crippen molar-refractivity contribution >= 4 is 35.6 Å². The molecule has 0 saturated heterocycles. The van der Waals surface area contributed by atoms with Gasteiger partial charge in [-0.25, -0.2) is 11.9 Å². The largest absolute Gasteiger partial charge is 1.00 e. The Morgan fingerprint density at radius 1 is 0.875 bits per heavy atom. The van der Waals surface area contributed by atoms with Crippen molar-refractivity contribution in [1.82, 2.24) is 0 Å². The van der Waals surface area contributed by atoms with Crippen LogP contribution < -0.4 is 34.2 Å². The van der Waals surface area contributed by atoms with E-state index >= 15 is 0 Å². The predicted octanol–water partition coefficient (Wildman–Crippen LogP) is -4.06. The molecule has 0 saturated carbocycles. The zero-order valence-electron chi connectivity index (χ0n) is 3.94. The fourth-order valence-electron chi connectivity index (χ4n) is 0. The van der Waals surface area contributed by atoms with Gasteiger partial charge in [0.2, 0.25) is 0 Å². The summed E-state index contributed by atoms with van der Waals surface area (Å²) in [5.74, 6) is 0. The van der Waals surface area contributed by atoms with Gasteiger partial charge in [0.1, 0.15) is 0 Å². The molecule has 0 fully saturated rings. The van der Waals surface area contributed by atoms with Crippen molar-refractivity contribution in [3.63, 3.8) is 0 Å². The van der Waals surface area contributed by atoms with Gasteiger partial charge in [-0.1, -0.05) is 0 Å². The van der Waals surface area contributed by atoms with Crippen molar-refractivity contribution < 1.29 is 49.0 Å². The fourth-order valence-corrected chi connectivity index (χ4v) is 0. The van der Waals surface area contributed by atoms with E-state index in [1.807, 2.05) is 0 Å². The molecule has 0 aromatic rings. The van der Waals surface area contributed by atoms with Crippen LogP contribution in [0.2, 0.25) is 0 Å². The van der Waals surface area contributed by atoms with Crippen LogP contribution in [-0.2, 0) is 0 Å². The van der Waals surface area contributed by atoms with E-state index in [9.17, 15) is 0 Å². The maximum atomic E-state index is 7.72. The summed E-state index contributed by atoms with van der Waals surface area (Å²) in [5, 5.41) is 0. The van der Waals surface area contributed by atoms with Crippen LogP contribution in [0.15, 0.2) is 0 Å². The van der Waals surface area contributed by atoms with Gasteiger partial charge in [0.25, 0.3) is 0 Å². The summed E-state index contributed by atoms with van der Waals surface area (Å²) in [5.41, 5.74) is 0. The summed E-state index contributed by atoms with van der Waals surface area (Å²) in [6.45, 7) is 0. The first-order valence-corrected chi connectivity index (χ1v) is 1.48. The molecule has 0 atom stereocenters. The van der Waals surface area contributed by atoms with Crippen LogP contribution in [0, 0.1) is 0 Å². The van der Waals surface area contributed by atoms with Gasteiger partial charge in [-0.15, -0.1) is 0 Å². The van der Waals surface area contributed by atoms with Gasteiger partial charge in [0.05, 0.1) is 23.7 Å². The van der Waals surface area contributed by atoms with Gasteiger partial charge in [-0.3, -0.25) is 9.32 Å². The topological polar surface area (TPSA) is 95.0 Å². The molecule has 4 nitrogen and oxygen atoms in total. The Hall–Kier alpha value is 1.71. The molecule has 0 aromatic carbocycles. The van der Waals surface area contributed by atoms with Crippen molar-refractivity contribution in [2.45, 2.75) is 0 Å². The summed E-state index contributed by atoms with van der Waals surface area (Å²) in [6, 6.07) is 0. The normalized spacial score (nSPS) is 2.25. The first-order valence-electron chi connectivity index (χ1n) is 0.492. The summed E-state index contributed by atoms with van der Waals surface area (Å²) < 4.78 is 20.7. The minimum absolute atomic E-state index is 0. The van der Waals surface area contributed by atoms with Crippen molar-refractivity contribution in [1.29, 1.82) is 0 Å². The zero-order chi connectivity index (χ0) is 6.00. The van der Waals surface area contributed by atoms with Crippen molar-refractivity contribution in [3.05, 3.63) is 0 Å². The third-order valence-electron chi connectivity index (χ3n) is 0. The van der Waals surface area contributed by atoms with E-state index in [-0.39, 0.29) is 35.0 Å². The molecule has 0 unspecified atom stereocenters. The minimum Gasteiger partial charge on any atom is -0.769 e. The van der Waals surface area contributed by atoms with Gasteiger partial charge in [0.15, 0.2) is 0 Å². The second-order valence-corrected chi connectivity index (χ2v) is 0. The molecule has 8 heteroatoms. The van der Waals surface area contributed by atoms with E-state index in [0.717, 1.165) is 0 Å². The Bertz CT molecular complexity index is 11.2. The molecule has 4 N–H and O–H groups in total. The molecule has 0 radical (unpaired) electrons. The molecule has 0 aromatic heterocycles. The van der Waals surface area contributed by atoms with Crippen molar-refractivity contribution in [3.8, 4) is 0 Å². The van der Waals surface area contributed by atoms with Crippen LogP contribution in [-0.4, -0.2) is 14.8 Å². The molecule has 0 aliphatic rings. The van der Waals surface area contributed by atoms with Crippen LogP contribution in [0.3, 0.4) is 0 Å². The molecule has 0 rings (SSSR count). The summed E-state index contributed by atoms with van der Waals surface area (Å²) >= 11 is 10.7. The van der Waals surface area contributed by atoms with Crippen LogP contribution >= 0.6 is 35.6 Å². The molecule has 50 valence electrons. The fraction of sp³-hybridized carbons (Fsp3) is 0. The van der Waals surface area contributed by atoms with E-state index in [2.05, 4.69) is 35.6 Å². The number of rotatable bonds is 0. The average molecular weight is 197 g/mol. The van der Waals surface area contributed by atoms with Crippen molar-refractivity contribution in [2.75, 3.05) is 0 Å². The molecule has 0 heterocycles. The molecule has 0 aliphatic heterocycles. The standard InChI is InChI=1S/2ClHO.ClO.Na.H2O/c3*1-2;;/h2*2H;;;1H2/q;;-1;+1;. The van der Waals surface area contributed by atoms with Crippen LogP contribution in [0.4, 0.5) is 0 Å². The van der Waals surface area contributed by atoms with Gasteiger partial charge in [-0.05, 0) is 0 Å². The molecule has 0 spiro atoms.